The molecule has 0 saturated carbocycles. The second kappa shape index (κ2) is 5.70. The van der Waals surface area contributed by atoms with Gasteiger partial charge >= 0.3 is 0 Å². The van der Waals surface area contributed by atoms with Crippen LogP contribution in [0, 0.1) is 0 Å². The second-order valence-corrected chi connectivity index (χ2v) is 5.80. The Labute approximate surface area is 116 Å². The van der Waals surface area contributed by atoms with E-state index in [1.807, 2.05) is 0 Å². The Bertz CT molecular complexity index is 694. The number of carbonyl (C=O) groups is 1. The molecule has 0 amide bonds. The lowest BCUT2D eigenvalue weighted by Crippen LogP contribution is -2.09. The van der Waals surface area contributed by atoms with Gasteiger partial charge in [-0.15, -0.1) is 0 Å². The molecular weight excluding hydrogens is 280 g/mol. The monoisotopic (exact) mass is 292 g/mol. The molecule has 0 atom stereocenters. The summed E-state index contributed by atoms with van der Waals surface area (Å²) in [6, 6.07) is 9.64. The number of benzene rings is 1. The van der Waals surface area contributed by atoms with E-state index in [2.05, 4.69) is 9.71 Å². The third kappa shape index (κ3) is 4.06. The number of carbonyl (C=O) groups excluding carboxylic acids is 1. The van der Waals surface area contributed by atoms with Crippen LogP contribution in [0.2, 0.25) is 0 Å². The highest BCUT2D eigenvalue weighted by Gasteiger charge is 2.03. The summed E-state index contributed by atoms with van der Waals surface area (Å²) in [5.74, 6) is 0.856. The van der Waals surface area contributed by atoms with Crippen LogP contribution in [-0.4, -0.2) is 25.9 Å². The van der Waals surface area contributed by atoms with Crippen molar-refractivity contribution in [3.63, 3.8) is 0 Å². The van der Waals surface area contributed by atoms with E-state index in [1.165, 1.54) is 6.20 Å². The van der Waals surface area contributed by atoms with Gasteiger partial charge in [0.25, 0.3) is 0 Å². The summed E-state index contributed by atoms with van der Waals surface area (Å²) in [7, 11) is -3.32. The van der Waals surface area contributed by atoms with Gasteiger partial charge in [-0.25, -0.2) is 13.4 Å². The Morgan fingerprint density at radius 3 is 2.35 bits per heavy atom. The summed E-state index contributed by atoms with van der Waals surface area (Å²) in [6.07, 6.45) is 3.16. The molecule has 1 N–H and O–H groups in total. The fourth-order valence-corrected chi connectivity index (χ4v) is 2.00. The van der Waals surface area contributed by atoms with E-state index in [-0.39, 0.29) is 0 Å². The lowest BCUT2D eigenvalue weighted by Gasteiger charge is -2.06. The maximum atomic E-state index is 11.0. The number of aromatic nitrogens is 1. The predicted molar refractivity (Wildman–Crippen MR) is 74.6 cm³/mol. The number of rotatable bonds is 5. The summed E-state index contributed by atoms with van der Waals surface area (Å²) < 4.78 is 29.8. The molecule has 104 valence electrons. The molecule has 2 rings (SSSR count). The molecule has 2 aromatic rings. The van der Waals surface area contributed by atoms with Crippen molar-refractivity contribution >= 4 is 22.0 Å². The van der Waals surface area contributed by atoms with Crippen LogP contribution < -0.4 is 9.46 Å². The molecule has 0 aliphatic heterocycles. The molecule has 20 heavy (non-hydrogen) atoms. The number of ether oxygens (including phenoxy) is 1. The zero-order valence-electron chi connectivity index (χ0n) is 10.6. The Morgan fingerprint density at radius 2 is 1.85 bits per heavy atom. The molecule has 0 radical (unpaired) electrons. The summed E-state index contributed by atoms with van der Waals surface area (Å²) in [5, 5.41) is 0. The third-order valence-corrected chi connectivity index (χ3v) is 2.88. The number of anilines is 1. The van der Waals surface area contributed by atoms with Gasteiger partial charge in [0.05, 0.1) is 18.1 Å². The Kier molecular flexibility index (Phi) is 3.99. The lowest BCUT2D eigenvalue weighted by molar-refractivity contribution is 0.112. The summed E-state index contributed by atoms with van der Waals surface area (Å²) >= 11 is 0. The first-order chi connectivity index (χ1) is 9.46. The van der Waals surface area contributed by atoms with E-state index >= 15 is 0 Å². The standard InChI is InChI=1S/C13H12N2O4S/c1-20(17,18)15-11-4-7-13(14-8-11)19-12-5-2-10(9-16)3-6-12/h2-9,15H,1H3. The van der Waals surface area contributed by atoms with Crippen LogP contribution >= 0.6 is 0 Å². The highest BCUT2D eigenvalue weighted by molar-refractivity contribution is 7.92. The van der Waals surface area contributed by atoms with Crippen molar-refractivity contribution in [2.45, 2.75) is 0 Å². The van der Waals surface area contributed by atoms with Crippen molar-refractivity contribution in [3.8, 4) is 11.6 Å². The maximum Gasteiger partial charge on any atom is 0.229 e. The Balaban J connectivity index is 2.08. The molecule has 0 bridgehead atoms. The number of sulfonamides is 1. The van der Waals surface area contributed by atoms with Crippen LogP contribution in [0.15, 0.2) is 42.6 Å². The quantitative estimate of drug-likeness (QED) is 0.852. The molecule has 0 aliphatic carbocycles. The van der Waals surface area contributed by atoms with Crippen LogP contribution in [0.5, 0.6) is 11.6 Å². The molecule has 0 spiro atoms. The first-order valence-corrected chi connectivity index (χ1v) is 7.52. The normalized spacial score (nSPS) is 10.8. The van der Waals surface area contributed by atoms with Crippen LogP contribution in [-0.2, 0) is 10.0 Å². The molecule has 0 unspecified atom stereocenters. The first kappa shape index (κ1) is 14.0. The average molecular weight is 292 g/mol. The van der Waals surface area contributed by atoms with Gasteiger partial charge in [0, 0.05) is 11.6 Å². The van der Waals surface area contributed by atoms with Crippen molar-refractivity contribution < 1.29 is 17.9 Å². The minimum Gasteiger partial charge on any atom is -0.439 e. The molecule has 1 heterocycles. The number of hydrogen-bond donors (Lipinski definition) is 1. The zero-order valence-corrected chi connectivity index (χ0v) is 11.4. The van der Waals surface area contributed by atoms with E-state index in [9.17, 15) is 13.2 Å². The van der Waals surface area contributed by atoms with Gasteiger partial charge in [0.2, 0.25) is 15.9 Å². The number of aldehydes is 1. The largest absolute Gasteiger partial charge is 0.439 e. The highest BCUT2D eigenvalue weighted by atomic mass is 32.2. The molecule has 0 saturated heterocycles. The SMILES string of the molecule is CS(=O)(=O)Nc1ccc(Oc2ccc(C=O)cc2)nc1. The Morgan fingerprint density at radius 1 is 1.15 bits per heavy atom. The van der Waals surface area contributed by atoms with Crippen LogP contribution in [0.25, 0.3) is 0 Å². The molecule has 1 aromatic heterocycles. The molecule has 7 heteroatoms. The van der Waals surface area contributed by atoms with Crippen molar-refractivity contribution in [1.82, 2.24) is 4.98 Å². The predicted octanol–water partition coefficient (Wildman–Crippen LogP) is 2.06. The minimum absolute atomic E-state index is 0.322. The summed E-state index contributed by atoms with van der Waals surface area (Å²) in [6.45, 7) is 0. The summed E-state index contributed by atoms with van der Waals surface area (Å²) in [4.78, 5) is 14.5. The van der Waals surface area contributed by atoms with E-state index in [0.717, 1.165) is 12.5 Å². The van der Waals surface area contributed by atoms with Crippen molar-refractivity contribution in [1.29, 1.82) is 0 Å². The molecular formula is C13H12N2O4S. The minimum atomic E-state index is -3.32. The second-order valence-electron chi connectivity index (χ2n) is 4.05. The van der Waals surface area contributed by atoms with Crippen molar-refractivity contribution in [2.75, 3.05) is 11.0 Å². The number of nitrogens with one attached hydrogen (secondary N) is 1. The van der Waals surface area contributed by atoms with Crippen molar-refractivity contribution in [3.05, 3.63) is 48.2 Å². The number of nitrogens with zero attached hydrogens (tertiary/aromatic N) is 1. The van der Waals surface area contributed by atoms with Crippen LogP contribution in [0.4, 0.5) is 5.69 Å². The third-order valence-electron chi connectivity index (χ3n) is 2.28. The fraction of sp³-hybridized carbons (Fsp3) is 0.0769. The average Bonchev–Trinajstić information content (AvgIpc) is 2.40. The maximum absolute atomic E-state index is 11.0. The molecule has 1 aromatic carbocycles. The van der Waals surface area contributed by atoms with Gasteiger partial charge < -0.3 is 4.74 Å². The van der Waals surface area contributed by atoms with E-state index in [1.54, 1.807) is 36.4 Å². The van der Waals surface area contributed by atoms with Gasteiger partial charge in [-0.2, -0.15) is 0 Å². The Hall–Kier alpha value is -2.41. The fourth-order valence-electron chi connectivity index (χ4n) is 1.45. The van der Waals surface area contributed by atoms with E-state index in [0.29, 0.717) is 22.9 Å². The molecule has 0 aliphatic rings. The number of pyridine rings is 1. The summed E-state index contributed by atoms with van der Waals surface area (Å²) in [5.41, 5.74) is 0.911. The van der Waals surface area contributed by atoms with E-state index in [4.69, 9.17) is 4.74 Å². The lowest BCUT2D eigenvalue weighted by atomic mass is 10.2. The van der Waals surface area contributed by atoms with Gasteiger partial charge in [0.1, 0.15) is 12.0 Å². The van der Waals surface area contributed by atoms with Gasteiger partial charge in [-0.05, 0) is 30.3 Å². The topological polar surface area (TPSA) is 85.4 Å². The van der Waals surface area contributed by atoms with E-state index < -0.39 is 10.0 Å². The smallest absolute Gasteiger partial charge is 0.229 e. The van der Waals surface area contributed by atoms with Gasteiger partial charge in [-0.1, -0.05) is 0 Å². The number of hydrogen-bond acceptors (Lipinski definition) is 5. The molecule has 6 nitrogen and oxygen atoms in total. The van der Waals surface area contributed by atoms with Gasteiger partial charge in [0.15, 0.2) is 0 Å². The highest BCUT2D eigenvalue weighted by Crippen LogP contribution is 2.20. The zero-order chi connectivity index (χ0) is 14.6. The van der Waals surface area contributed by atoms with Crippen LogP contribution in [0.1, 0.15) is 10.4 Å². The molecule has 0 fully saturated rings. The van der Waals surface area contributed by atoms with Crippen molar-refractivity contribution in [2.24, 2.45) is 0 Å². The van der Waals surface area contributed by atoms with Crippen LogP contribution in [0.3, 0.4) is 0 Å². The first-order valence-electron chi connectivity index (χ1n) is 5.63. The van der Waals surface area contributed by atoms with Gasteiger partial charge in [-0.3, -0.25) is 9.52 Å².